The number of benzene rings is 2. The summed E-state index contributed by atoms with van der Waals surface area (Å²) in [5.74, 6) is -0.302. The van der Waals surface area contributed by atoms with E-state index in [9.17, 15) is 12.8 Å². The first-order valence-electron chi connectivity index (χ1n) is 8.00. The van der Waals surface area contributed by atoms with E-state index >= 15 is 0 Å². The molecule has 1 atom stereocenters. The summed E-state index contributed by atoms with van der Waals surface area (Å²) in [6, 6.07) is 11.1. The Labute approximate surface area is 144 Å². The van der Waals surface area contributed by atoms with Gasteiger partial charge in [0.1, 0.15) is 5.82 Å². The van der Waals surface area contributed by atoms with Crippen LogP contribution in [0.2, 0.25) is 0 Å². The van der Waals surface area contributed by atoms with Gasteiger partial charge in [-0.05, 0) is 42.3 Å². The van der Waals surface area contributed by atoms with E-state index in [0.717, 1.165) is 16.5 Å². The second-order valence-corrected chi connectivity index (χ2v) is 7.81. The van der Waals surface area contributed by atoms with E-state index in [2.05, 4.69) is 9.71 Å². The average molecular weight is 360 g/mol. The number of sulfonamides is 1. The van der Waals surface area contributed by atoms with Crippen LogP contribution in [0.1, 0.15) is 6.42 Å². The van der Waals surface area contributed by atoms with Gasteiger partial charge in [0.25, 0.3) is 0 Å². The topological polar surface area (TPSA) is 71.2 Å². The van der Waals surface area contributed by atoms with Crippen molar-refractivity contribution in [1.82, 2.24) is 9.71 Å². The summed E-state index contributed by atoms with van der Waals surface area (Å²) in [4.78, 5) is 3.25. The van der Waals surface area contributed by atoms with Crippen molar-refractivity contribution in [2.45, 2.75) is 17.4 Å². The van der Waals surface area contributed by atoms with Gasteiger partial charge in [-0.25, -0.2) is 17.5 Å². The lowest BCUT2D eigenvalue weighted by molar-refractivity contribution is 0.192. The Morgan fingerprint density at radius 3 is 2.68 bits per heavy atom. The molecule has 5 nitrogen and oxygen atoms in total. The molecule has 2 heterocycles. The summed E-state index contributed by atoms with van der Waals surface area (Å²) in [6.45, 7) is 0.983. The normalized spacial score (nSPS) is 18.0. The maximum absolute atomic E-state index is 13.3. The van der Waals surface area contributed by atoms with E-state index in [0.29, 0.717) is 25.2 Å². The minimum absolute atomic E-state index is 0.173. The molecule has 1 fully saturated rings. The van der Waals surface area contributed by atoms with Crippen LogP contribution in [0, 0.1) is 5.82 Å². The highest BCUT2D eigenvalue weighted by Gasteiger charge is 2.23. The van der Waals surface area contributed by atoms with Gasteiger partial charge in [0.15, 0.2) is 0 Å². The minimum Gasteiger partial charge on any atom is -0.380 e. The van der Waals surface area contributed by atoms with Crippen LogP contribution < -0.4 is 4.72 Å². The SMILES string of the molecule is O=S(=O)(N[C@H]1CCOC1)c1ccc(-c2c[nH]c3cc(F)ccc23)cc1. The average Bonchev–Trinajstić information content (AvgIpc) is 3.23. The maximum atomic E-state index is 13.3. The zero-order chi connectivity index (χ0) is 17.4. The molecule has 25 heavy (non-hydrogen) atoms. The van der Waals surface area contributed by atoms with Crippen LogP contribution in [0.5, 0.6) is 0 Å². The monoisotopic (exact) mass is 360 g/mol. The fourth-order valence-corrected chi connectivity index (χ4v) is 4.32. The molecule has 0 spiro atoms. The molecule has 1 aliphatic heterocycles. The highest BCUT2D eigenvalue weighted by atomic mass is 32.2. The van der Waals surface area contributed by atoms with E-state index < -0.39 is 10.0 Å². The van der Waals surface area contributed by atoms with Crippen molar-refractivity contribution < 1.29 is 17.5 Å². The molecule has 3 aromatic rings. The van der Waals surface area contributed by atoms with Crippen LogP contribution in [0.25, 0.3) is 22.0 Å². The Morgan fingerprint density at radius 1 is 1.16 bits per heavy atom. The standard InChI is InChI=1S/C18H17FN2O3S/c19-13-3-6-16-17(10-20-18(16)9-13)12-1-4-15(5-2-12)25(22,23)21-14-7-8-24-11-14/h1-6,9-10,14,20-21H,7-8,11H2/t14-/m0/s1. The zero-order valence-electron chi connectivity index (χ0n) is 13.3. The molecular weight excluding hydrogens is 343 g/mol. The second kappa shape index (κ2) is 6.25. The number of hydrogen-bond donors (Lipinski definition) is 2. The van der Waals surface area contributed by atoms with Gasteiger partial charge in [-0.3, -0.25) is 0 Å². The third kappa shape index (κ3) is 3.18. The number of rotatable bonds is 4. The van der Waals surface area contributed by atoms with Crippen molar-refractivity contribution in [3.8, 4) is 11.1 Å². The van der Waals surface area contributed by atoms with Crippen molar-refractivity contribution in [3.63, 3.8) is 0 Å². The van der Waals surface area contributed by atoms with Crippen LogP contribution in [0.15, 0.2) is 53.6 Å². The summed E-state index contributed by atoms with van der Waals surface area (Å²) in [6.07, 6.45) is 2.48. The summed E-state index contributed by atoms with van der Waals surface area (Å²) >= 11 is 0. The summed E-state index contributed by atoms with van der Waals surface area (Å²) < 4.78 is 46.0. The molecular formula is C18H17FN2O3S. The Morgan fingerprint density at radius 2 is 1.96 bits per heavy atom. The van der Waals surface area contributed by atoms with Gasteiger partial charge in [-0.2, -0.15) is 0 Å². The third-order valence-corrected chi connectivity index (χ3v) is 5.91. The van der Waals surface area contributed by atoms with Gasteiger partial charge < -0.3 is 9.72 Å². The van der Waals surface area contributed by atoms with Crippen LogP contribution in [-0.4, -0.2) is 32.7 Å². The minimum atomic E-state index is -3.56. The Bertz CT molecular complexity index is 1010. The van der Waals surface area contributed by atoms with Gasteiger partial charge in [0.05, 0.1) is 11.5 Å². The molecule has 1 aliphatic rings. The molecule has 1 saturated heterocycles. The first-order valence-corrected chi connectivity index (χ1v) is 9.48. The predicted molar refractivity (Wildman–Crippen MR) is 93.2 cm³/mol. The first kappa shape index (κ1) is 16.3. The lowest BCUT2D eigenvalue weighted by Crippen LogP contribution is -2.34. The lowest BCUT2D eigenvalue weighted by atomic mass is 10.1. The number of aromatic amines is 1. The Hall–Kier alpha value is -2.22. The molecule has 0 saturated carbocycles. The fraction of sp³-hybridized carbons (Fsp3) is 0.222. The van der Waals surface area contributed by atoms with Gasteiger partial charge >= 0.3 is 0 Å². The van der Waals surface area contributed by atoms with E-state index in [4.69, 9.17) is 4.74 Å². The highest BCUT2D eigenvalue weighted by molar-refractivity contribution is 7.89. The number of ether oxygens (including phenoxy) is 1. The molecule has 0 aliphatic carbocycles. The molecule has 0 unspecified atom stereocenters. The largest absolute Gasteiger partial charge is 0.380 e. The van der Waals surface area contributed by atoms with Crippen LogP contribution >= 0.6 is 0 Å². The molecule has 2 N–H and O–H groups in total. The van der Waals surface area contributed by atoms with E-state index in [-0.39, 0.29) is 16.8 Å². The molecule has 4 rings (SSSR count). The van der Waals surface area contributed by atoms with E-state index in [1.165, 1.54) is 12.1 Å². The fourth-order valence-electron chi connectivity index (χ4n) is 3.07. The summed E-state index contributed by atoms with van der Waals surface area (Å²) in [5.41, 5.74) is 2.46. The highest BCUT2D eigenvalue weighted by Crippen LogP contribution is 2.29. The molecule has 0 bridgehead atoms. The van der Waals surface area contributed by atoms with Crippen molar-refractivity contribution in [3.05, 3.63) is 54.5 Å². The van der Waals surface area contributed by atoms with Crippen molar-refractivity contribution >= 4 is 20.9 Å². The van der Waals surface area contributed by atoms with Crippen LogP contribution in [0.4, 0.5) is 4.39 Å². The number of nitrogens with one attached hydrogen (secondary N) is 2. The quantitative estimate of drug-likeness (QED) is 0.751. The van der Waals surface area contributed by atoms with E-state index in [1.54, 1.807) is 36.5 Å². The number of aromatic nitrogens is 1. The van der Waals surface area contributed by atoms with Crippen molar-refractivity contribution in [2.75, 3.05) is 13.2 Å². The molecule has 130 valence electrons. The number of fused-ring (bicyclic) bond motifs is 1. The van der Waals surface area contributed by atoms with Gasteiger partial charge in [-0.1, -0.05) is 12.1 Å². The molecule has 2 aromatic carbocycles. The number of halogens is 1. The van der Waals surface area contributed by atoms with Crippen molar-refractivity contribution in [2.24, 2.45) is 0 Å². The van der Waals surface area contributed by atoms with Crippen LogP contribution in [-0.2, 0) is 14.8 Å². The zero-order valence-corrected chi connectivity index (χ0v) is 14.1. The first-order chi connectivity index (χ1) is 12.0. The van der Waals surface area contributed by atoms with E-state index in [1.807, 2.05) is 0 Å². The Balaban J connectivity index is 1.63. The molecule has 1 aromatic heterocycles. The molecule has 0 amide bonds. The number of H-pyrrole nitrogens is 1. The Kier molecular flexibility index (Phi) is 4.07. The third-order valence-electron chi connectivity index (χ3n) is 4.37. The summed E-state index contributed by atoms with van der Waals surface area (Å²) in [7, 11) is -3.56. The second-order valence-electron chi connectivity index (χ2n) is 6.10. The van der Waals surface area contributed by atoms with Gasteiger partial charge in [-0.15, -0.1) is 0 Å². The lowest BCUT2D eigenvalue weighted by Gasteiger charge is -2.11. The van der Waals surface area contributed by atoms with Gasteiger partial charge in [0.2, 0.25) is 10.0 Å². The van der Waals surface area contributed by atoms with Gasteiger partial charge in [0, 0.05) is 35.3 Å². The van der Waals surface area contributed by atoms with Crippen molar-refractivity contribution in [1.29, 1.82) is 0 Å². The summed E-state index contributed by atoms with van der Waals surface area (Å²) in [5, 5.41) is 0.887. The smallest absolute Gasteiger partial charge is 0.240 e. The molecule has 7 heteroatoms. The molecule has 0 radical (unpaired) electrons. The van der Waals surface area contributed by atoms with Crippen LogP contribution in [0.3, 0.4) is 0 Å². The maximum Gasteiger partial charge on any atom is 0.240 e. The predicted octanol–water partition coefficient (Wildman–Crippen LogP) is 3.04. The number of hydrogen-bond acceptors (Lipinski definition) is 3.